The number of fused-ring (bicyclic) bond motifs is 1. The van der Waals surface area contributed by atoms with Gasteiger partial charge in [0.25, 0.3) is 11.8 Å². The predicted molar refractivity (Wildman–Crippen MR) is 115 cm³/mol. The number of hydrogen-bond donors (Lipinski definition) is 2. The van der Waals surface area contributed by atoms with E-state index >= 15 is 0 Å². The van der Waals surface area contributed by atoms with E-state index < -0.39 is 0 Å². The third kappa shape index (κ3) is 5.03. The molecule has 156 valence electrons. The third-order valence-corrected chi connectivity index (χ3v) is 5.24. The number of nitrogens with one attached hydrogen (secondary N) is 2. The number of aryl methyl sites for hydroxylation is 2. The standard InChI is InChI=1S/C22H31N5O2/c1-15-9-10-16(2)17(14-15)24-21(28)19-18-8-5-6-13-27(18)20(25-19)22(29)23-11-7-12-26(3)4/h9-10,14H,5-8,11-13H2,1-4H3,(H,23,29)(H,24,28). The average molecular weight is 398 g/mol. The SMILES string of the molecule is Cc1ccc(C)c(NC(=O)c2nc(C(=O)NCCCN(C)C)n3c2CCCC3)c1. The minimum atomic E-state index is -0.254. The van der Waals surface area contributed by atoms with Crippen molar-refractivity contribution in [2.75, 3.05) is 32.5 Å². The molecule has 7 heteroatoms. The molecule has 0 saturated carbocycles. The Morgan fingerprint density at radius 2 is 1.97 bits per heavy atom. The molecule has 2 heterocycles. The lowest BCUT2D eigenvalue weighted by Crippen LogP contribution is -2.30. The molecule has 1 aromatic heterocycles. The minimum Gasteiger partial charge on any atom is -0.349 e. The van der Waals surface area contributed by atoms with E-state index in [0.717, 1.165) is 61.3 Å². The largest absolute Gasteiger partial charge is 0.349 e. The van der Waals surface area contributed by atoms with Crippen molar-refractivity contribution >= 4 is 17.5 Å². The second kappa shape index (κ2) is 9.22. The number of hydrogen-bond acceptors (Lipinski definition) is 4. The molecule has 0 aliphatic carbocycles. The summed E-state index contributed by atoms with van der Waals surface area (Å²) >= 11 is 0. The van der Waals surface area contributed by atoms with Gasteiger partial charge in [0.05, 0.1) is 5.69 Å². The fourth-order valence-electron chi connectivity index (χ4n) is 3.63. The fourth-order valence-corrected chi connectivity index (χ4v) is 3.63. The van der Waals surface area contributed by atoms with Crippen molar-refractivity contribution in [3.8, 4) is 0 Å². The number of imidazole rings is 1. The molecule has 0 bridgehead atoms. The molecule has 1 aliphatic heterocycles. The molecule has 1 aliphatic rings. The van der Waals surface area contributed by atoms with Crippen molar-refractivity contribution in [2.24, 2.45) is 0 Å². The van der Waals surface area contributed by atoms with E-state index in [1.807, 2.05) is 50.7 Å². The molecular formula is C22H31N5O2. The van der Waals surface area contributed by atoms with Gasteiger partial charge in [-0.2, -0.15) is 0 Å². The first-order valence-electron chi connectivity index (χ1n) is 10.3. The number of benzene rings is 1. The Hall–Kier alpha value is -2.67. The van der Waals surface area contributed by atoms with Gasteiger partial charge in [-0.3, -0.25) is 9.59 Å². The molecule has 7 nitrogen and oxygen atoms in total. The van der Waals surface area contributed by atoms with Crippen LogP contribution in [0.3, 0.4) is 0 Å². The van der Waals surface area contributed by atoms with Gasteiger partial charge < -0.3 is 20.1 Å². The Morgan fingerprint density at radius 3 is 2.72 bits per heavy atom. The Kier molecular flexibility index (Phi) is 6.69. The number of carbonyl (C=O) groups excluding carboxylic acids is 2. The molecule has 0 saturated heterocycles. The lowest BCUT2D eigenvalue weighted by Gasteiger charge is -2.17. The van der Waals surface area contributed by atoms with Crippen molar-refractivity contribution in [1.29, 1.82) is 0 Å². The number of amides is 2. The summed E-state index contributed by atoms with van der Waals surface area (Å²) in [5, 5.41) is 5.92. The van der Waals surface area contributed by atoms with Crippen LogP contribution in [0, 0.1) is 13.8 Å². The monoisotopic (exact) mass is 397 g/mol. The Labute approximate surface area is 172 Å². The maximum Gasteiger partial charge on any atom is 0.287 e. The van der Waals surface area contributed by atoms with Crippen LogP contribution in [0.4, 0.5) is 5.69 Å². The van der Waals surface area contributed by atoms with Crippen molar-refractivity contribution < 1.29 is 9.59 Å². The van der Waals surface area contributed by atoms with Crippen molar-refractivity contribution in [1.82, 2.24) is 19.8 Å². The van der Waals surface area contributed by atoms with E-state index in [9.17, 15) is 9.59 Å². The van der Waals surface area contributed by atoms with Gasteiger partial charge >= 0.3 is 0 Å². The highest BCUT2D eigenvalue weighted by molar-refractivity contribution is 6.05. The summed E-state index contributed by atoms with van der Waals surface area (Å²) in [5.74, 6) is -0.121. The van der Waals surface area contributed by atoms with Crippen LogP contribution in [0.5, 0.6) is 0 Å². The van der Waals surface area contributed by atoms with Crippen LogP contribution in [0.1, 0.15) is 57.2 Å². The topological polar surface area (TPSA) is 79.3 Å². The summed E-state index contributed by atoms with van der Waals surface area (Å²) < 4.78 is 1.92. The molecular weight excluding hydrogens is 366 g/mol. The van der Waals surface area contributed by atoms with Crippen LogP contribution in [0.15, 0.2) is 18.2 Å². The number of aromatic nitrogens is 2. The quantitative estimate of drug-likeness (QED) is 0.704. The first kappa shape index (κ1) is 21.0. The number of nitrogens with zero attached hydrogens (tertiary/aromatic N) is 3. The van der Waals surface area contributed by atoms with E-state index in [1.165, 1.54) is 0 Å². The van der Waals surface area contributed by atoms with E-state index in [1.54, 1.807) is 0 Å². The first-order chi connectivity index (χ1) is 13.9. The molecule has 0 fully saturated rings. The molecule has 3 rings (SSSR count). The highest BCUT2D eigenvalue weighted by atomic mass is 16.2. The lowest BCUT2D eigenvalue weighted by molar-refractivity contribution is 0.0936. The van der Waals surface area contributed by atoms with Gasteiger partial charge in [0.1, 0.15) is 0 Å². The Balaban J connectivity index is 1.79. The van der Waals surface area contributed by atoms with Gasteiger partial charge in [0.15, 0.2) is 11.5 Å². The van der Waals surface area contributed by atoms with E-state index in [4.69, 9.17) is 0 Å². The lowest BCUT2D eigenvalue weighted by atomic mass is 10.1. The second-order valence-electron chi connectivity index (χ2n) is 8.02. The van der Waals surface area contributed by atoms with Crippen LogP contribution < -0.4 is 10.6 Å². The van der Waals surface area contributed by atoms with Crippen molar-refractivity contribution in [2.45, 2.75) is 46.1 Å². The molecule has 29 heavy (non-hydrogen) atoms. The number of carbonyl (C=O) groups is 2. The first-order valence-corrected chi connectivity index (χ1v) is 10.3. The Bertz CT molecular complexity index is 901. The van der Waals surface area contributed by atoms with Crippen molar-refractivity contribution in [3.05, 3.63) is 46.5 Å². The van der Waals surface area contributed by atoms with Gasteiger partial charge in [-0.25, -0.2) is 4.98 Å². The summed E-state index contributed by atoms with van der Waals surface area (Å²) in [6, 6.07) is 5.95. The van der Waals surface area contributed by atoms with Crippen molar-refractivity contribution in [3.63, 3.8) is 0 Å². The highest BCUT2D eigenvalue weighted by Crippen LogP contribution is 2.23. The Morgan fingerprint density at radius 1 is 1.17 bits per heavy atom. The maximum atomic E-state index is 13.0. The molecule has 1 aromatic carbocycles. The molecule has 0 radical (unpaired) electrons. The molecule has 2 amide bonds. The number of anilines is 1. The second-order valence-corrected chi connectivity index (χ2v) is 8.02. The predicted octanol–water partition coefficient (Wildman–Crippen LogP) is 2.77. The maximum absolute atomic E-state index is 13.0. The van der Waals surface area contributed by atoms with E-state index in [0.29, 0.717) is 18.1 Å². The van der Waals surface area contributed by atoms with Crippen LogP contribution >= 0.6 is 0 Å². The summed E-state index contributed by atoms with van der Waals surface area (Å²) in [4.78, 5) is 32.3. The smallest absolute Gasteiger partial charge is 0.287 e. The van der Waals surface area contributed by atoms with E-state index in [-0.39, 0.29) is 11.8 Å². The zero-order valence-electron chi connectivity index (χ0n) is 17.8. The van der Waals surface area contributed by atoms with Gasteiger partial charge in [-0.1, -0.05) is 12.1 Å². The molecule has 0 spiro atoms. The fraction of sp³-hybridized carbons (Fsp3) is 0.500. The van der Waals surface area contributed by atoms with Gasteiger partial charge in [0.2, 0.25) is 0 Å². The van der Waals surface area contributed by atoms with Gasteiger partial charge in [-0.15, -0.1) is 0 Å². The average Bonchev–Trinajstić information content (AvgIpc) is 3.08. The summed E-state index contributed by atoms with van der Waals surface area (Å²) in [5.41, 5.74) is 4.08. The molecule has 0 atom stereocenters. The van der Waals surface area contributed by atoms with Crippen LogP contribution in [-0.4, -0.2) is 53.5 Å². The molecule has 2 aromatic rings. The van der Waals surface area contributed by atoms with Crippen LogP contribution in [-0.2, 0) is 13.0 Å². The summed E-state index contributed by atoms with van der Waals surface area (Å²) in [6.45, 7) is 6.17. The third-order valence-electron chi connectivity index (χ3n) is 5.24. The van der Waals surface area contributed by atoms with E-state index in [2.05, 4.69) is 20.5 Å². The molecule has 0 unspecified atom stereocenters. The number of rotatable bonds is 7. The van der Waals surface area contributed by atoms with Gasteiger partial charge in [0, 0.05) is 18.8 Å². The normalized spacial score (nSPS) is 13.3. The molecule has 2 N–H and O–H groups in total. The highest BCUT2D eigenvalue weighted by Gasteiger charge is 2.27. The van der Waals surface area contributed by atoms with Crippen LogP contribution in [0.2, 0.25) is 0 Å². The zero-order valence-corrected chi connectivity index (χ0v) is 17.8. The van der Waals surface area contributed by atoms with Gasteiger partial charge in [-0.05, 0) is 77.4 Å². The zero-order chi connectivity index (χ0) is 21.0. The van der Waals surface area contributed by atoms with Crippen LogP contribution in [0.25, 0.3) is 0 Å². The summed E-state index contributed by atoms with van der Waals surface area (Å²) in [7, 11) is 4.02. The summed E-state index contributed by atoms with van der Waals surface area (Å²) in [6.07, 6.45) is 3.62. The minimum absolute atomic E-state index is 0.210.